The number of carbonyl (C=O) groups is 1. The number of hydrogen-bond donors (Lipinski definition) is 2. The van der Waals surface area contributed by atoms with E-state index in [2.05, 4.69) is 12.2 Å². The van der Waals surface area contributed by atoms with Crippen LogP contribution in [0.4, 0.5) is 0 Å². The summed E-state index contributed by atoms with van der Waals surface area (Å²) in [4.78, 5) is 13.3. The molecule has 0 unspecified atom stereocenters. The molecule has 28 heavy (non-hydrogen) atoms. The van der Waals surface area contributed by atoms with Crippen molar-refractivity contribution in [1.29, 1.82) is 0 Å². The largest absolute Gasteiger partial charge is 0.392 e. The third-order valence-electron chi connectivity index (χ3n) is 7.25. The van der Waals surface area contributed by atoms with Crippen LogP contribution < -0.4 is 0 Å². The molecule has 3 aliphatic carbocycles. The molecular weight excluding hydrogens is 350 g/mol. The third kappa shape index (κ3) is 5.48. The van der Waals surface area contributed by atoms with Crippen molar-refractivity contribution < 1.29 is 15.0 Å². The SMILES string of the molecule is CN(C)C(=O)CCCCC1=C[C@H]2C[C@@H](O)[C@H](C=C[C@@H](O)C3CCCCC3)[C@H]2C1. The molecule has 4 heteroatoms. The number of carbonyl (C=O) groups excluding carboxylic acids is 1. The number of hydrogen-bond acceptors (Lipinski definition) is 3. The Morgan fingerprint density at radius 3 is 2.71 bits per heavy atom. The first-order valence-corrected chi connectivity index (χ1v) is 11.4. The molecule has 0 aliphatic heterocycles. The Bertz CT molecular complexity index is 576. The van der Waals surface area contributed by atoms with Crippen LogP contribution >= 0.6 is 0 Å². The van der Waals surface area contributed by atoms with Crippen LogP contribution in [-0.2, 0) is 4.79 Å². The van der Waals surface area contributed by atoms with Crippen LogP contribution in [0.15, 0.2) is 23.8 Å². The van der Waals surface area contributed by atoms with E-state index < -0.39 is 0 Å². The van der Waals surface area contributed by atoms with Gasteiger partial charge in [-0.15, -0.1) is 0 Å². The number of allylic oxidation sites excluding steroid dienone is 2. The topological polar surface area (TPSA) is 60.8 Å². The summed E-state index contributed by atoms with van der Waals surface area (Å²) < 4.78 is 0. The molecule has 3 aliphatic rings. The van der Waals surface area contributed by atoms with Crippen LogP contribution in [-0.4, -0.2) is 47.3 Å². The molecule has 2 fully saturated rings. The van der Waals surface area contributed by atoms with Gasteiger partial charge in [-0.05, 0) is 62.7 Å². The summed E-state index contributed by atoms with van der Waals surface area (Å²) in [5.41, 5.74) is 1.51. The molecule has 158 valence electrons. The smallest absolute Gasteiger partial charge is 0.222 e. The average Bonchev–Trinajstić information content (AvgIpc) is 3.20. The van der Waals surface area contributed by atoms with Crippen molar-refractivity contribution in [1.82, 2.24) is 4.90 Å². The zero-order valence-corrected chi connectivity index (χ0v) is 17.7. The molecule has 0 spiro atoms. The quantitative estimate of drug-likeness (QED) is 0.486. The van der Waals surface area contributed by atoms with Gasteiger partial charge in [0.15, 0.2) is 0 Å². The zero-order chi connectivity index (χ0) is 20.1. The van der Waals surface area contributed by atoms with Crippen LogP contribution in [0.3, 0.4) is 0 Å². The summed E-state index contributed by atoms with van der Waals surface area (Å²) in [7, 11) is 3.63. The Morgan fingerprint density at radius 2 is 2.00 bits per heavy atom. The monoisotopic (exact) mass is 389 g/mol. The summed E-state index contributed by atoms with van der Waals surface area (Å²) in [5, 5.41) is 21.1. The van der Waals surface area contributed by atoms with Crippen molar-refractivity contribution in [2.24, 2.45) is 23.7 Å². The Hall–Kier alpha value is -1.13. The third-order valence-corrected chi connectivity index (χ3v) is 7.25. The summed E-state index contributed by atoms with van der Waals surface area (Å²) in [6.45, 7) is 0. The van der Waals surface area contributed by atoms with Crippen molar-refractivity contribution in [2.45, 2.75) is 82.8 Å². The van der Waals surface area contributed by atoms with Gasteiger partial charge in [0.2, 0.25) is 5.91 Å². The summed E-state index contributed by atoms with van der Waals surface area (Å²) in [6.07, 6.45) is 17.5. The molecule has 5 atom stereocenters. The van der Waals surface area contributed by atoms with Gasteiger partial charge in [0, 0.05) is 26.4 Å². The van der Waals surface area contributed by atoms with E-state index in [9.17, 15) is 15.0 Å². The molecule has 4 nitrogen and oxygen atoms in total. The summed E-state index contributed by atoms with van der Waals surface area (Å²) in [6, 6.07) is 0. The maximum atomic E-state index is 11.7. The second-order valence-electron chi connectivity index (χ2n) is 9.51. The second-order valence-corrected chi connectivity index (χ2v) is 9.51. The Balaban J connectivity index is 1.45. The highest BCUT2D eigenvalue weighted by Crippen LogP contribution is 2.48. The van der Waals surface area contributed by atoms with E-state index in [1.54, 1.807) is 4.90 Å². The first-order valence-electron chi connectivity index (χ1n) is 11.4. The molecule has 2 saturated carbocycles. The molecular formula is C24H39NO3. The number of rotatable bonds is 8. The number of aliphatic hydroxyl groups excluding tert-OH is 2. The molecule has 0 saturated heterocycles. The molecule has 2 N–H and O–H groups in total. The number of nitrogens with zero attached hydrogens (tertiary/aromatic N) is 1. The van der Waals surface area contributed by atoms with Gasteiger partial charge in [0.05, 0.1) is 12.2 Å². The first-order chi connectivity index (χ1) is 13.5. The summed E-state index contributed by atoms with van der Waals surface area (Å²) in [5.74, 6) is 1.76. The predicted molar refractivity (Wildman–Crippen MR) is 113 cm³/mol. The van der Waals surface area contributed by atoms with Crippen molar-refractivity contribution in [3.63, 3.8) is 0 Å². The van der Waals surface area contributed by atoms with Crippen molar-refractivity contribution in [3.8, 4) is 0 Å². The fraction of sp³-hybridized carbons (Fsp3) is 0.792. The second kappa shape index (κ2) is 10.1. The lowest BCUT2D eigenvalue weighted by molar-refractivity contribution is -0.128. The standard InChI is InChI=1S/C24H39NO3/c1-25(2)24(28)11-7-6-8-17-14-19-16-23(27)20(21(19)15-17)12-13-22(26)18-9-4-3-5-10-18/h12-14,18-23,26-27H,3-11,15-16H2,1-2H3/t19-,20+,21-,22+,23+/m0/s1. The van der Waals surface area contributed by atoms with E-state index in [1.165, 1.54) is 24.8 Å². The van der Waals surface area contributed by atoms with Crippen LogP contribution in [0, 0.1) is 23.7 Å². The highest BCUT2D eigenvalue weighted by Gasteiger charge is 2.43. The van der Waals surface area contributed by atoms with Crippen LogP contribution in [0.25, 0.3) is 0 Å². The molecule has 3 rings (SSSR count). The lowest BCUT2D eigenvalue weighted by Crippen LogP contribution is -2.22. The zero-order valence-electron chi connectivity index (χ0n) is 17.7. The van der Waals surface area contributed by atoms with Crippen molar-refractivity contribution >= 4 is 5.91 Å². The average molecular weight is 390 g/mol. The molecule has 0 radical (unpaired) electrons. The van der Waals surface area contributed by atoms with Crippen LogP contribution in [0.5, 0.6) is 0 Å². The van der Waals surface area contributed by atoms with Gasteiger partial charge in [0.25, 0.3) is 0 Å². The number of aliphatic hydroxyl groups is 2. The van der Waals surface area contributed by atoms with Crippen molar-refractivity contribution in [3.05, 3.63) is 23.8 Å². The minimum absolute atomic E-state index is 0.173. The Kier molecular flexibility index (Phi) is 7.76. The van der Waals surface area contributed by atoms with Gasteiger partial charge in [-0.25, -0.2) is 0 Å². The molecule has 0 aromatic carbocycles. The molecule has 0 aromatic heterocycles. The molecule has 0 bridgehead atoms. The van der Waals surface area contributed by atoms with Gasteiger partial charge < -0.3 is 15.1 Å². The highest BCUT2D eigenvalue weighted by molar-refractivity contribution is 5.75. The Morgan fingerprint density at radius 1 is 1.25 bits per heavy atom. The lowest BCUT2D eigenvalue weighted by atomic mass is 9.83. The van der Waals surface area contributed by atoms with Crippen LogP contribution in [0.1, 0.15) is 70.6 Å². The minimum Gasteiger partial charge on any atom is -0.392 e. The minimum atomic E-state index is -0.352. The fourth-order valence-electron chi connectivity index (χ4n) is 5.52. The fourth-order valence-corrected chi connectivity index (χ4v) is 5.52. The van der Waals surface area contributed by atoms with E-state index in [1.807, 2.05) is 20.2 Å². The summed E-state index contributed by atoms with van der Waals surface area (Å²) >= 11 is 0. The predicted octanol–water partition coefficient (Wildman–Crippen LogP) is 4.08. The van der Waals surface area contributed by atoms with Crippen LogP contribution in [0.2, 0.25) is 0 Å². The lowest BCUT2D eigenvalue weighted by Gasteiger charge is -2.25. The maximum Gasteiger partial charge on any atom is 0.222 e. The normalized spacial score (nSPS) is 31.8. The van der Waals surface area contributed by atoms with E-state index in [4.69, 9.17) is 0 Å². The van der Waals surface area contributed by atoms with E-state index in [-0.39, 0.29) is 24.0 Å². The first kappa shape index (κ1) is 21.6. The molecule has 1 amide bonds. The van der Waals surface area contributed by atoms with Crippen molar-refractivity contribution in [2.75, 3.05) is 14.1 Å². The number of fused-ring (bicyclic) bond motifs is 1. The maximum absolute atomic E-state index is 11.7. The molecule has 0 aromatic rings. The van der Waals surface area contributed by atoms with Gasteiger partial charge in [-0.3, -0.25) is 4.79 Å². The number of amides is 1. The van der Waals surface area contributed by atoms with Gasteiger partial charge in [0.1, 0.15) is 0 Å². The van der Waals surface area contributed by atoms with Gasteiger partial charge in [-0.1, -0.05) is 43.1 Å². The highest BCUT2D eigenvalue weighted by atomic mass is 16.3. The van der Waals surface area contributed by atoms with E-state index >= 15 is 0 Å². The van der Waals surface area contributed by atoms with E-state index in [0.29, 0.717) is 24.2 Å². The molecule has 0 heterocycles. The number of unbranched alkanes of at least 4 members (excludes halogenated alkanes) is 1. The van der Waals surface area contributed by atoms with E-state index in [0.717, 1.165) is 44.9 Å². The Labute approximate surface area is 170 Å². The van der Waals surface area contributed by atoms with Gasteiger partial charge in [-0.2, -0.15) is 0 Å². The van der Waals surface area contributed by atoms with Gasteiger partial charge >= 0.3 is 0 Å².